The zero-order chi connectivity index (χ0) is 13.2. The molecule has 1 aliphatic heterocycles. The number of amides is 1. The number of carbonyl (C=O) groups excluding carboxylic acids is 1. The Hall–Kier alpha value is -1.69. The highest BCUT2D eigenvalue weighted by molar-refractivity contribution is 7.09. The van der Waals surface area contributed by atoms with Gasteiger partial charge in [-0.1, -0.05) is 0 Å². The molecule has 0 spiro atoms. The van der Waals surface area contributed by atoms with Crippen molar-refractivity contribution >= 4 is 17.2 Å². The smallest absolute Gasteiger partial charge is 0.273 e. The van der Waals surface area contributed by atoms with E-state index in [1.165, 1.54) is 11.3 Å². The highest BCUT2D eigenvalue weighted by atomic mass is 32.1. The topological polar surface area (TPSA) is 61.9 Å². The van der Waals surface area contributed by atoms with Gasteiger partial charge in [0, 0.05) is 36.8 Å². The maximum absolute atomic E-state index is 12.3. The minimum absolute atomic E-state index is 0.0576. The Morgan fingerprint density at radius 1 is 1.47 bits per heavy atom. The van der Waals surface area contributed by atoms with Crippen LogP contribution in [0, 0.1) is 6.92 Å². The maximum atomic E-state index is 12.3. The molecule has 0 radical (unpaired) electrons. The summed E-state index contributed by atoms with van der Waals surface area (Å²) in [7, 11) is 0. The van der Waals surface area contributed by atoms with E-state index in [1.54, 1.807) is 6.20 Å². The molecule has 3 rings (SSSR count). The highest BCUT2D eigenvalue weighted by Crippen LogP contribution is 2.26. The molecule has 5 nitrogen and oxygen atoms in total. The highest BCUT2D eigenvalue weighted by Gasteiger charge is 2.26. The summed E-state index contributed by atoms with van der Waals surface area (Å²) >= 11 is 1.52. The van der Waals surface area contributed by atoms with Gasteiger partial charge in [0.1, 0.15) is 11.5 Å². The minimum Gasteiger partial charge on any atom is -0.348 e. The average Bonchev–Trinajstić information content (AvgIpc) is 3.09. The molecule has 19 heavy (non-hydrogen) atoms. The van der Waals surface area contributed by atoms with E-state index >= 15 is 0 Å². The Kier molecular flexibility index (Phi) is 3.33. The van der Waals surface area contributed by atoms with Crippen LogP contribution in [0.2, 0.25) is 0 Å². The number of likely N-dealkylation sites (tertiary alicyclic amines) is 1. The first-order valence-corrected chi connectivity index (χ1v) is 7.32. The second-order valence-corrected chi connectivity index (χ2v) is 5.85. The first kappa shape index (κ1) is 12.3. The Balaban J connectivity index is 1.62. The third-order valence-corrected chi connectivity index (χ3v) is 4.30. The second kappa shape index (κ2) is 5.13. The zero-order valence-electron chi connectivity index (χ0n) is 10.8. The fourth-order valence-corrected chi connectivity index (χ4v) is 3.07. The third-order valence-electron chi connectivity index (χ3n) is 3.53. The van der Waals surface area contributed by atoms with Gasteiger partial charge in [-0.25, -0.2) is 9.97 Å². The Morgan fingerprint density at radius 2 is 2.26 bits per heavy atom. The average molecular weight is 276 g/mol. The summed E-state index contributed by atoms with van der Waals surface area (Å²) < 4.78 is 0. The van der Waals surface area contributed by atoms with Gasteiger partial charge in [-0.15, -0.1) is 11.3 Å². The number of hydrogen-bond donors (Lipinski definition) is 1. The van der Waals surface area contributed by atoms with Gasteiger partial charge in [0.05, 0.1) is 5.01 Å². The molecule has 0 aliphatic carbocycles. The largest absolute Gasteiger partial charge is 0.348 e. The van der Waals surface area contributed by atoms with Crippen LogP contribution in [0.5, 0.6) is 0 Å². The van der Waals surface area contributed by atoms with Gasteiger partial charge in [-0.3, -0.25) is 4.79 Å². The second-order valence-electron chi connectivity index (χ2n) is 4.79. The van der Waals surface area contributed by atoms with Crippen LogP contribution in [-0.4, -0.2) is 38.8 Å². The molecular weight excluding hydrogens is 260 g/mol. The number of aromatic amines is 1. The summed E-state index contributed by atoms with van der Waals surface area (Å²) in [4.78, 5) is 25.9. The summed E-state index contributed by atoms with van der Waals surface area (Å²) in [6.45, 7) is 3.48. The van der Waals surface area contributed by atoms with Crippen LogP contribution < -0.4 is 0 Å². The number of rotatable bonds is 2. The van der Waals surface area contributed by atoms with Crippen molar-refractivity contribution in [1.82, 2.24) is 19.9 Å². The standard InChI is InChI=1S/C13H16N4OS/c1-9-16-11(8-19-9)13(18)17-6-2-10(3-7-17)12-14-4-5-15-12/h4-5,8,10H,2-3,6-7H2,1H3,(H,14,15). The van der Waals surface area contributed by atoms with Crippen molar-refractivity contribution in [3.05, 3.63) is 34.3 Å². The summed E-state index contributed by atoms with van der Waals surface area (Å²) in [5, 5.41) is 2.78. The van der Waals surface area contributed by atoms with Gasteiger partial charge in [0.15, 0.2) is 0 Å². The van der Waals surface area contributed by atoms with E-state index in [2.05, 4.69) is 15.0 Å². The SMILES string of the molecule is Cc1nc(C(=O)N2CCC(c3ncc[nH]3)CC2)cs1. The maximum Gasteiger partial charge on any atom is 0.273 e. The number of aromatic nitrogens is 3. The lowest BCUT2D eigenvalue weighted by molar-refractivity contribution is 0.0706. The third kappa shape index (κ3) is 2.53. The molecule has 100 valence electrons. The minimum atomic E-state index is 0.0576. The first-order chi connectivity index (χ1) is 9.24. The molecule has 1 N–H and O–H groups in total. The van der Waals surface area contributed by atoms with E-state index in [1.807, 2.05) is 23.4 Å². The molecule has 3 heterocycles. The van der Waals surface area contributed by atoms with Gasteiger partial charge < -0.3 is 9.88 Å². The van der Waals surface area contributed by atoms with Crippen LogP contribution in [0.15, 0.2) is 17.8 Å². The van der Waals surface area contributed by atoms with Crippen LogP contribution in [0.4, 0.5) is 0 Å². The predicted molar refractivity (Wildman–Crippen MR) is 73.3 cm³/mol. The zero-order valence-corrected chi connectivity index (χ0v) is 11.6. The Labute approximate surface area is 115 Å². The van der Waals surface area contributed by atoms with E-state index in [4.69, 9.17) is 0 Å². The van der Waals surface area contributed by atoms with Crippen molar-refractivity contribution in [3.8, 4) is 0 Å². The lowest BCUT2D eigenvalue weighted by Gasteiger charge is -2.30. The number of piperidine rings is 1. The van der Waals surface area contributed by atoms with Gasteiger partial charge in [-0.05, 0) is 19.8 Å². The van der Waals surface area contributed by atoms with Crippen molar-refractivity contribution in [2.24, 2.45) is 0 Å². The molecule has 0 atom stereocenters. The molecule has 1 aliphatic rings. The number of thiazole rings is 1. The van der Waals surface area contributed by atoms with Crippen molar-refractivity contribution in [2.45, 2.75) is 25.7 Å². The molecule has 1 fully saturated rings. The molecule has 1 saturated heterocycles. The number of aryl methyl sites for hydroxylation is 1. The van der Waals surface area contributed by atoms with Crippen LogP contribution in [0.3, 0.4) is 0 Å². The quantitative estimate of drug-likeness (QED) is 0.914. The van der Waals surface area contributed by atoms with E-state index in [-0.39, 0.29) is 5.91 Å². The molecule has 1 amide bonds. The van der Waals surface area contributed by atoms with E-state index < -0.39 is 0 Å². The van der Waals surface area contributed by atoms with Crippen molar-refractivity contribution < 1.29 is 4.79 Å². The summed E-state index contributed by atoms with van der Waals surface area (Å²) in [5.74, 6) is 1.54. The van der Waals surface area contributed by atoms with Crippen LogP contribution in [0.1, 0.15) is 40.1 Å². The Bertz CT molecular complexity index is 555. The number of hydrogen-bond acceptors (Lipinski definition) is 4. The van der Waals surface area contributed by atoms with Crippen LogP contribution >= 0.6 is 11.3 Å². The first-order valence-electron chi connectivity index (χ1n) is 6.44. The number of carbonyl (C=O) groups is 1. The number of H-pyrrole nitrogens is 1. The van der Waals surface area contributed by atoms with Crippen LogP contribution in [0.25, 0.3) is 0 Å². The molecule has 2 aromatic rings. The van der Waals surface area contributed by atoms with Crippen molar-refractivity contribution in [1.29, 1.82) is 0 Å². The molecule has 0 aromatic carbocycles. The molecule has 2 aromatic heterocycles. The van der Waals surface area contributed by atoms with Gasteiger partial charge in [0.2, 0.25) is 0 Å². The summed E-state index contributed by atoms with van der Waals surface area (Å²) in [6.07, 6.45) is 5.56. The number of imidazole rings is 1. The normalized spacial score (nSPS) is 16.8. The van der Waals surface area contributed by atoms with Gasteiger partial charge >= 0.3 is 0 Å². The lowest BCUT2D eigenvalue weighted by atomic mass is 9.96. The fourth-order valence-electron chi connectivity index (χ4n) is 2.48. The Morgan fingerprint density at radius 3 is 2.84 bits per heavy atom. The monoisotopic (exact) mass is 276 g/mol. The molecule has 0 unspecified atom stereocenters. The fraction of sp³-hybridized carbons (Fsp3) is 0.462. The summed E-state index contributed by atoms with van der Waals surface area (Å²) in [6, 6.07) is 0. The molecule has 6 heteroatoms. The molecule has 0 saturated carbocycles. The van der Waals surface area contributed by atoms with E-state index in [9.17, 15) is 4.79 Å². The van der Waals surface area contributed by atoms with Gasteiger partial charge in [0.25, 0.3) is 5.91 Å². The molecular formula is C13H16N4OS. The van der Waals surface area contributed by atoms with Crippen molar-refractivity contribution in [2.75, 3.05) is 13.1 Å². The van der Waals surface area contributed by atoms with E-state index in [0.717, 1.165) is 36.8 Å². The summed E-state index contributed by atoms with van der Waals surface area (Å²) in [5.41, 5.74) is 0.582. The van der Waals surface area contributed by atoms with E-state index in [0.29, 0.717) is 11.6 Å². The number of nitrogens with one attached hydrogen (secondary N) is 1. The lowest BCUT2D eigenvalue weighted by Crippen LogP contribution is -2.38. The van der Waals surface area contributed by atoms with Crippen LogP contribution in [-0.2, 0) is 0 Å². The molecule has 0 bridgehead atoms. The van der Waals surface area contributed by atoms with Gasteiger partial charge in [-0.2, -0.15) is 0 Å². The predicted octanol–water partition coefficient (Wildman–Crippen LogP) is 2.19. The van der Waals surface area contributed by atoms with Crippen molar-refractivity contribution in [3.63, 3.8) is 0 Å². The number of nitrogens with zero attached hydrogens (tertiary/aromatic N) is 3.